The van der Waals surface area contributed by atoms with Crippen molar-refractivity contribution in [3.8, 4) is 0 Å². The van der Waals surface area contributed by atoms with Gasteiger partial charge in [0.1, 0.15) is 17.7 Å². The quantitative estimate of drug-likeness (QED) is 0.0826. The van der Waals surface area contributed by atoms with Crippen LogP contribution in [0.1, 0.15) is 110 Å². The van der Waals surface area contributed by atoms with Crippen LogP contribution in [-0.4, -0.2) is 47.9 Å². The normalized spacial score (nSPS) is 12.1. The molecule has 5 nitrogen and oxygen atoms in total. The lowest BCUT2D eigenvalue weighted by Crippen LogP contribution is -2.49. The maximum absolute atomic E-state index is 13.9. The second-order valence-corrected chi connectivity index (χ2v) is 16.4. The number of nitrogens with one attached hydrogen (secondary N) is 1. The average molecular weight is 750 g/mol. The lowest BCUT2D eigenvalue weighted by Gasteiger charge is -2.29. The van der Waals surface area contributed by atoms with Gasteiger partial charge < -0.3 is 4.90 Å². The topological polar surface area (TPSA) is 66.5 Å². The molecule has 1 atom stereocenters. The molecule has 0 spiro atoms. The lowest BCUT2D eigenvalue weighted by atomic mass is 10.1. The number of carbonyl (C=O) groups is 1. The molecule has 0 heterocycles. The number of amides is 1. The van der Waals surface area contributed by atoms with Gasteiger partial charge in [-0.1, -0.05) is 122 Å². The molecule has 0 fully saturated rings. The molecule has 274 valence electrons. The molecule has 0 bridgehead atoms. The van der Waals surface area contributed by atoms with E-state index in [0.29, 0.717) is 40.9 Å². The zero-order valence-corrected chi connectivity index (χ0v) is 33.5. The van der Waals surface area contributed by atoms with Gasteiger partial charge in [-0.15, -0.1) is 11.8 Å². The molecule has 2 aromatic carbocycles. The Morgan fingerprint density at radius 2 is 1.56 bits per heavy atom. The van der Waals surface area contributed by atoms with Gasteiger partial charge in [-0.25, -0.2) is 21.9 Å². The summed E-state index contributed by atoms with van der Waals surface area (Å²) < 4.78 is 55.2. The highest BCUT2D eigenvalue weighted by atomic mass is 35.5. The van der Waals surface area contributed by atoms with Crippen LogP contribution in [0.15, 0.2) is 52.9 Å². The Morgan fingerprint density at radius 1 is 0.958 bits per heavy atom. The Labute approximate surface area is 304 Å². The highest BCUT2D eigenvalue weighted by Crippen LogP contribution is 2.25. The maximum atomic E-state index is 13.9. The van der Waals surface area contributed by atoms with E-state index in [1.54, 1.807) is 6.92 Å². The van der Waals surface area contributed by atoms with Crippen molar-refractivity contribution in [1.82, 2.24) is 9.62 Å². The van der Waals surface area contributed by atoms with Crippen molar-refractivity contribution in [1.29, 1.82) is 0 Å². The van der Waals surface area contributed by atoms with Crippen LogP contribution in [0.3, 0.4) is 0 Å². The summed E-state index contributed by atoms with van der Waals surface area (Å²) in [5.41, 5.74) is 2.90. The van der Waals surface area contributed by atoms with E-state index in [1.165, 1.54) is 41.4 Å². The highest BCUT2D eigenvalue weighted by molar-refractivity contribution is 8.17. The number of hydrogen-bond acceptors (Lipinski definition) is 6. The van der Waals surface area contributed by atoms with Crippen LogP contribution in [0.5, 0.6) is 0 Å². The molecule has 2 aromatic rings. The van der Waals surface area contributed by atoms with Gasteiger partial charge in [0.2, 0.25) is 5.91 Å². The first-order chi connectivity index (χ1) is 22.9. The number of unbranched alkanes of at least 4 members (excludes halogenated alkanes) is 1. The predicted octanol–water partition coefficient (Wildman–Crippen LogP) is 10.8. The molecule has 0 aliphatic rings. The van der Waals surface area contributed by atoms with Gasteiger partial charge >= 0.3 is 0 Å². The van der Waals surface area contributed by atoms with Gasteiger partial charge in [-0.2, -0.15) is 0 Å². The van der Waals surface area contributed by atoms with Crippen molar-refractivity contribution in [2.24, 2.45) is 0 Å². The minimum atomic E-state index is -3.46. The SMILES string of the molecule is CC.CC/C=C(/Cl)SCSNC(CS(=O)(=O)C(CCC)CCC)C(=O)N(CCCC)Cc1cccc(CC)c1.Cc1cc(F)cc(F)c1. The first-order valence-corrected chi connectivity index (χ1v) is 21.3. The lowest BCUT2D eigenvalue weighted by molar-refractivity contribution is -0.133. The first kappa shape index (κ1) is 46.4. The molecule has 0 radical (unpaired) electrons. The summed E-state index contributed by atoms with van der Waals surface area (Å²) in [6.07, 6.45) is 8.41. The third kappa shape index (κ3) is 19.6. The standard InChI is InChI=1S/C28H47ClN2O3S3.C7H6F2.C2H6/c1-6-11-18-31(20-24-17-12-16-23(10-5)19-24)28(32)26(30-36-22-35-27(29)15-9-4)21-37(33,34)25(13-7-2)14-8-3;1-5-2-6(8)4-7(9)3-5;1-2/h12,15-17,19,25-26,30H,6-11,13-14,18,20-22H2,1-5H3;2-4H,1H3;1-2H3/b27-15-;;. The zero-order chi connectivity index (χ0) is 36.5. The van der Waals surface area contributed by atoms with Crippen LogP contribution in [0.25, 0.3) is 0 Å². The molecule has 1 N–H and O–H groups in total. The fourth-order valence-electron chi connectivity index (χ4n) is 4.81. The molecule has 0 aromatic heterocycles. The van der Waals surface area contributed by atoms with Crippen LogP contribution in [0.2, 0.25) is 0 Å². The molecular weight excluding hydrogens is 690 g/mol. The molecule has 0 saturated heterocycles. The fraction of sp³-hybridized carbons (Fsp3) is 0.595. The summed E-state index contributed by atoms with van der Waals surface area (Å²) in [5, 5.41) is 0.172. The molecule has 48 heavy (non-hydrogen) atoms. The zero-order valence-electron chi connectivity index (χ0n) is 30.3. The van der Waals surface area contributed by atoms with Crippen molar-refractivity contribution in [3.05, 3.63) is 81.2 Å². The third-order valence-electron chi connectivity index (χ3n) is 7.15. The molecule has 0 aliphatic carbocycles. The van der Waals surface area contributed by atoms with E-state index in [2.05, 4.69) is 30.7 Å². The van der Waals surface area contributed by atoms with Crippen molar-refractivity contribution in [2.75, 3.05) is 17.4 Å². The smallest absolute Gasteiger partial charge is 0.241 e. The van der Waals surface area contributed by atoms with Crippen molar-refractivity contribution < 1.29 is 22.0 Å². The fourth-order valence-corrected chi connectivity index (χ4v) is 9.25. The molecule has 1 unspecified atom stereocenters. The molecule has 1 amide bonds. The average Bonchev–Trinajstić information content (AvgIpc) is 3.04. The van der Waals surface area contributed by atoms with Crippen molar-refractivity contribution >= 4 is 51.1 Å². The summed E-state index contributed by atoms with van der Waals surface area (Å²) in [5.74, 6) is -1.39. The summed E-state index contributed by atoms with van der Waals surface area (Å²) in [4.78, 5) is 15.7. The number of nitrogens with zero attached hydrogens (tertiary/aromatic N) is 1. The van der Waals surface area contributed by atoms with Gasteiger partial charge in [0.15, 0.2) is 9.84 Å². The number of benzene rings is 2. The number of hydrogen-bond donors (Lipinski definition) is 1. The Balaban J connectivity index is 0.00000170. The summed E-state index contributed by atoms with van der Waals surface area (Å²) >= 11 is 9.04. The highest BCUT2D eigenvalue weighted by Gasteiger charge is 2.33. The molecule has 0 saturated carbocycles. The van der Waals surface area contributed by atoms with Gasteiger partial charge in [0.25, 0.3) is 0 Å². The number of allylic oxidation sites excluding steroid dienone is 1. The van der Waals surface area contributed by atoms with Crippen LogP contribution in [-0.2, 0) is 27.6 Å². The Bertz CT molecular complexity index is 1260. The van der Waals surface area contributed by atoms with Crippen molar-refractivity contribution in [2.45, 2.75) is 125 Å². The van der Waals surface area contributed by atoms with E-state index < -0.39 is 32.8 Å². The molecule has 11 heteroatoms. The molecule has 2 rings (SSSR count). The van der Waals surface area contributed by atoms with E-state index >= 15 is 0 Å². The van der Waals surface area contributed by atoms with Gasteiger partial charge in [-0.3, -0.25) is 4.79 Å². The molecule has 0 aliphatic heterocycles. The second kappa shape index (κ2) is 27.2. The summed E-state index contributed by atoms with van der Waals surface area (Å²) in [7, 11) is -3.46. The van der Waals surface area contributed by atoms with Crippen LogP contribution in [0, 0.1) is 18.6 Å². The van der Waals surface area contributed by atoms with Crippen LogP contribution < -0.4 is 4.72 Å². The third-order valence-corrected chi connectivity index (χ3v) is 11.7. The van der Waals surface area contributed by atoms with E-state index in [0.717, 1.165) is 50.2 Å². The van der Waals surface area contributed by atoms with Gasteiger partial charge in [0.05, 0.1) is 20.5 Å². The van der Waals surface area contributed by atoms with E-state index in [9.17, 15) is 22.0 Å². The first-order valence-electron chi connectivity index (χ1n) is 17.3. The predicted molar refractivity (Wildman–Crippen MR) is 207 cm³/mol. The number of rotatable bonds is 20. The van der Waals surface area contributed by atoms with Crippen molar-refractivity contribution in [3.63, 3.8) is 0 Å². The van der Waals surface area contributed by atoms with Gasteiger partial charge in [-0.05, 0) is 67.9 Å². The van der Waals surface area contributed by atoms with E-state index in [4.69, 9.17) is 11.6 Å². The number of thioether (sulfide) groups is 1. The molecular formula is C37H59ClF2N2O3S3. The van der Waals surface area contributed by atoms with Gasteiger partial charge in [0, 0.05) is 19.2 Å². The number of halogens is 3. The number of sulfone groups is 1. The minimum absolute atomic E-state index is 0.154. The number of aryl methyl sites for hydroxylation is 2. The van der Waals surface area contributed by atoms with Crippen LogP contribution >= 0.6 is 35.3 Å². The summed E-state index contributed by atoms with van der Waals surface area (Å²) in [6.45, 7) is 17.0. The minimum Gasteiger partial charge on any atom is -0.337 e. The number of carbonyl (C=O) groups excluding carboxylic acids is 1. The maximum Gasteiger partial charge on any atom is 0.241 e. The van der Waals surface area contributed by atoms with E-state index in [1.807, 2.05) is 57.7 Å². The van der Waals surface area contributed by atoms with Crippen LogP contribution in [0.4, 0.5) is 8.78 Å². The summed E-state index contributed by atoms with van der Waals surface area (Å²) in [6, 6.07) is 10.9. The Kier molecular flexibility index (Phi) is 26.3. The largest absolute Gasteiger partial charge is 0.337 e. The monoisotopic (exact) mass is 748 g/mol. The Morgan fingerprint density at radius 3 is 2.08 bits per heavy atom. The second-order valence-electron chi connectivity index (χ2n) is 11.3. The Hall–Kier alpha value is -1.59. The van der Waals surface area contributed by atoms with E-state index in [-0.39, 0.29) is 11.7 Å².